The van der Waals surface area contributed by atoms with E-state index < -0.39 is 11.5 Å². The molecule has 1 aromatic rings. The summed E-state index contributed by atoms with van der Waals surface area (Å²) in [6.07, 6.45) is 2.36. The Morgan fingerprint density at radius 3 is 2.44 bits per heavy atom. The van der Waals surface area contributed by atoms with E-state index in [1.165, 1.54) is 0 Å². The van der Waals surface area contributed by atoms with Crippen LogP contribution in [0.4, 0.5) is 0 Å². The summed E-state index contributed by atoms with van der Waals surface area (Å²) >= 11 is 0. The van der Waals surface area contributed by atoms with Crippen LogP contribution in [-0.2, 0) is 27.2 Å². The van der Waals surface area contributed by atoms with Crippen LogP contribution >= 0.6 is 0 Å². The fourth-order valence-corrected chi connectivity index (χ4v) is 4.25. The first-order valence-corrected chi connectivity index (χ1v) is 8.99. The molecule has 3 rings (SSSR count). The topological polar surface area (TPSA) is 79.2 Å². The maximum atomic E-state index is 13.3. The van der Waals surface area contributed by atoms with Crippen LogP contribution in [0.15, 0.2) is 12.1 Å². The quantitative estimate of drug-likeness (QED) is 0.857. The van der Waals surface area contributed by atoms with Gasteiger partial charge in [0.05, 0.1) is 17.7 Å². The maximum Gasteiger partial charge on any atom is 0.235 e. The summed E-state index contributed by atoms with van der Waals surface area (Å²) in [4.78, 5) is 26.1. The molecule has 3 atom stereocenters. The SMILES string of the molecule is CCc1cc(C#N)cc(CC)c1C1C(=O)NC2(CCOC(C)C2)C1=O. The molecule has 1 amide bonds. The van der Waals surface area contributed by atoms with E-state index in [4.69, 9.17) is 4.74 Å². The van der Waals surface area contributed by atoms with Crippen LogP contribution in [0, 0.1) is 11.3 Å². The van der Waals surface area contributed by atoms with Gasteiger partial charge in [-0.05, 0) is 48.6 Å². The Morgan fingerprint density at radius 2 is 1.92 bits per heavy atom. The lowest BCUT2D eigenvalue weighted by molar-refractivity contribution is -0.129. The van der Waals surface area contributed by atoms with E-state index in [2.05, 4.69) is 11.4 Å². The maximum absolute atomic E-state index is 13.3. The number of nitriles is 1. The van der Waals surface area contributed by atoms with Crippen LogP contribution in [0.1, 0.15) is 61.8 Å². The summed E-state index contributed by atoms with van der Waals surface area (Å²) in [5.41, 5.74) is 2.42. The van der Waals surface area contributed by atoms with Crippen molar-refractivity contribution < 1.29 is 14.3 Å². The second kappa shape index (κ2) is 6.61. The summed E-state index contributed by atoms with van der Waals surface area (Å²) in [6, 6.07) is 5.80. The van der Waals surface area contributed by atoms with Gasteiger partial charge in [-0.2, -0.15) is 5.26 Å². The van der Waals surface area contributed by atoms with Gasteiger partial charge in [0.2, 0.25) is 5.91 Å². The number of amides is 1. The van der Waals surface area contributed by atoms with Gasteiger partial charge < -0.3 is 10.1 Å². The summed E-state index contributed by atoms with van der Waals surface area (Å²) < 4.78 is 5.57. The van der Waals surface area contributed by atoms with Crippen LogP contribution in [0.5, 0.6) is 0 Å². The van der Waals surface area contributed by atoms with Crippen LogP contribution in [0.25, 0.3) is 0 Å². The molecular formula is C20H24N2O3. The summed E-state index contributed by atoms with van der Waals surface area (Å²) in [7, 11) is 0. The lowest BCUT2D eigenvalue weighted by Gasteiger charge is -2.35. The molecule has 2 aliphatic rings. The van der Waals surface area contributed by atoms with Gasteiger partial charge in [-0.15, -0.1) is 0 Å². The van der Waals surface area contributed by atoms with E-state index >= 15 is 0 Å². The summed E-state index contributed by atoms with van der Waals surface area (Å²) in [5.74, 6) is -1.03. The highest BCUT2D eigenvalue weighted by atomic mass is 16.5. The molecule has 0 saturated carbocycles. The molecule has 5 nitrogen and oxygen atoms in total. The van der Waals surface area contributed by atoms with Crippen molar-refractivity contribution in [1.29, 1.82) is 5.26 Å². The van der Waals surface area contributed by atoms with Crippen molar-refractivity contribution in [3.63, 3.8) is 0 Å². The molecule has 0 radical (unpaired) electrons. The Kier molecular flexibility index (Phi) is 4.66. The van der Waals surface area contributed by atoms with Crippen LogP contribution in [0.3, 0.4) is 0 Å². The van der Waals surface area contributed by atoms with Gasteiger partial charge in [-0.25, -0.2) is 0 Å². The van der Waals surface area contributed by atoms with E-state index in [-0.39, 0.29) is 17.8 Å². The zero-order valence-corrected chi connectivity index (χ0v) is 15.0. The zero-order valence-electron chi connectivity index (χ0n) is 15.0. The summed E-state index contributed by atoms with van der Waals surface area (Å²) in [6.45, 7) is 6.39. The average Bonchev–Trinajstić information content (AvgIpc) is 2.83. The molecule has 0 aromatic heterocycles. The van der Waals surface area contributed by atoms with Crippen molar-refractivity contribution in [1.82, 2.24) is 5.32 Å². The van der Waals surface area contributed by atoms with Crippen LogP contribution < -0.4 is 5.32 Å². The predicted octanol–water partition coefficient (Wildman–Crippen LogP) is 2.40. The minimum absolute atomic E-state index is 0.0400. The molecule has 1 aromatic carbocycles. The van der Waals surface area contributed by atoms with Crippen molar-refractivity contribution in [2.75, 3.05) is 6.61 Å². The Hall–Kier alpha value is -2.19. The Balaban J connectivity index is 2.09. The van der Waals surface area contributed by atoms with Gasteiger partial charge in [0, 0.05) is 19.4 Å². The highest BCUT2D eigenvalue weighted by Gasteiger charge is 2.55. The van der Waals surface area contributed by atoms with Crippen LogP contribution in [-0.4, -0.2) is 29.9 Å². The van der Waals surface area contributed by atoms with Gasteiger partial charge in [0.25, 0.3) is 0 Å². The van der Waals surface area contributed by atoms with E-state index in [9.17, 15) is 14.9 Å². The molecule has 2 fully saturated rings. The third-order valence-electron chi connectivity index (χ3n) is 5.46. The van der Waals surface area contributed by atoms with Gasteiger partial charge >= 0.3 is 0 Å². The van der Waals surface area contributed by atoms with Gasteiger partial charge in [-0.1, -0.05) is 13.8 Å². The molecule has 0 bridgehead atoms. The lowest BCUT2D eigenvalue weighted by Crippen LogP contribution is -2.52. The van der Waals surface area contributed by atoms with Crippen molar-refractivity contribution in [3.05, 3.63) is 34.4 Å². The molecular weight excluding hydrogens is 316 g/mol. The fourth-order valence-electron chi connectivity index (χ4n) is 4.25. The Morgan fingerprint density at radius 1 is 1.28 bits per heavy atom. The van der Waals surface area contributed by atoms with Gasteiger partial charge in [0.15, 0.2) is 5.78 Å². The number of ether oxygens (including phenoxy) is 1. The van der Waals surface area contributed by atoms with Gasteiger partial charge in [0.1, 0.15) is 11.5 Å². The molecule has 3 unspecified atom stereocenters. The molecule has 132 valence electrons. The first-order valence-electron chi connectivity index (χ1n) is 8.99. The van der Waals surface area contributed by atoms with Crippen molar-refractivity contribution in [2.24, 2.45) is 0 Å². The second-order valence-electron chi connectivity index (χ2n) is 7.03. The molecule has 2 heterocycles. The van der Waals surface area contributed by atoms with E-state index in [1.807, 2.05) is 32.9 Å². The van der Waals surface area contributed by atoms with E-state index in [0.717, 1.165) is 16.7 Å². The second-order valence-corrected chi connectivity index (χ2v) is 7.03. The standard InChI is InChI=1S/C20H24N2O3/c1-4-14-8-13(11-21)9-15(5-2)16(14)17-18(23)20(22-19(17)24)6-7-25-12(3)10-20/h8-9,12,17H,4-7,10H2,1-3H3,(H,22,24). The zero-order chi connectivity index (χ0) is 18.2. The number of rotatable bonds is 3. The van der Waals surface area contributed by atoms with E-state index in [0.29, 0.717) is 37.9 Å². The molecule has 2 aliphatic heterocycles. The summed E-state index contributed by atoms with van der Waals surface area (Å²) in [5, 5.41) is 12.3. The first-order chi connectivity index (χ1) is 12.0. The molecule has 25 heavy (non-hydrogen) atoms. The van der Waals surface area contributed by atoms with Crippen LogP contribution in [0.2, 0.25) is 0 Å². The molecule has 5 heteroatoms. The molecule has 0 aliphatic carbocycles. The average molecular weight is 340 g/mol. The van der Waals surface area contributed by atoms with E-state index in [1.54, 1.807) is 0 Å². The molecule has 2 saturated heterocycles. The fraction of sp³-hybridized carbons (Fsp3) is 0.550. The third-order valence-corrected chi connectivity index (χ3v) is 5.46. The number of ketones is 1. The van der Waals surface area contributed by atoms with Crippen molar-refractivity contribution in [3.8, 4) is 6.07 Å². The van der Waals surface area contributed by atoms with Crippen molar-refractivity contribution in [2.45, 2.75) is 64.0 Å². The smallest absolute Gasteiger partial charge is 0.235 e. The normalized spacial score (nSPS) is 28.9. The predicted molar refractivity (Wildman–Crippen MR) is 93.2 cm³/mol. The Bertz CT molecular complexity index is 740. The number of nitrogens with zero attached hydrogens (tertiary/aromatic N) is 1. The minimum Gasteiger partial charge on any atom is -0.378 e. The molecule has 1 N–H and O–H groups in total. The number of carbonyl (C=O) groups is 2. The lowest BCUT2D eigenvalue weighted by atomic mass is 9.77. The number of nitrogens with one attached hydrogen (secondary N) is 1. The van der Waals surface area contributed by atoms with Crippen molar-refractivity contribution >= 4 is 11.7 Å². The highest BCUT2D eigenvalue weighted by Crippen LogP contribution is 2.40. The Labute approximate surface area is 148 Å². The number of carbonyl (C=O) groups excluding carboxylic acids is 2. The molecule has 1 spiro atoms. The monoisotopic (exact) mass is 340 g/mol. The number of benzene rings is 1. The number of Topliss-reactive ketones (excluding diaryl/α,β-unsaturated/α-hetero) is 1. The number of aryl methyl sites for hydroxylation is 2. The van der Waals surface area contributed by atoms with Gasteiger partial charge in [-0.3, -0.25) is 9.59 Å². The highest BCUT2D eigenvalue weighted by molar-refractivity contribution is 6.17. The third kappa shape index (κ3) is 2.85. The largest absolute Gasteiger partial charge is 0.378 e. The number of hydrogen-bond acceptors (Lipinski definition) is 4. The minimum atomic E-state index is -0.802. The first kappa shape index (κ1) is 17.6. The number of hydrogen-bond donors (Lipinski definition) is 1.